The highest BCUT2D eigenvalue weighted by Gasteiger charge is 2.20. The molecule has 0 radical (unpaired) electrons. The first-order valence-electron chi connectivity index (χ1n) is 6.47. The monoisotopic (exact) mass is 304 g/mol. The van der Waals surface area contributed by atoms with Crippen LogP contribution in [0, 0.1) is 5.92 Å². The van der Waals surface area contributed by atoms with Crippen molar-refractivity contribution in [3.63, 3.8) is 0 Å². The molecule has 1 aromatic heterocycles. The second-order valence-electron chi connectivity index (χ2n) is 5.19. The molecule has 5 heteroatoms. The predicted octanol–water partition coefficient (Wildman–Crippen LogP) is 3.11. The van der Waals surface area contributed by atoms with Crippen molar-refractivity contribution in [1.82, 2.24) is 4.90 Å². The van der Waals surface area contributed by atoms with Crippen molar-refractivity contribution in [2.24, 2.45) is 11.7 Å². The third-order valence-electron chi connectivity index (χ3n) is 3.37. The van der Waals surface area contributed by atoms with Crippen LogP contribution in [-0.4, -0.2) is 30.4 Å². The summed E-state index contributed by atoms with van der Waals surface area (Å²) in [6.45, 7) is 6.92. The van der Waals surface area contributed by atoms with Crippen LogP contribution >= 0.6 is 23.7 Å². The molecule has 0 aliphatic heterocycles. The smallest absolute Gasteiger partial charge is 0.230 e. The molecule has 0 saturated carbocycles. The molecule has 2 unspecified atom stereocenters. The molecule has 0 bridgehead atoms. The highest BCUT2D eigenvalue weighted by Crippen LogP contribution is 2.22. The fraction of sp³-hybridized carbons (Fsp3) is 0.643. The number of halogens is 1. The zero-order chi connectivity index (χ0) is 13.7. The van der Waals surface area contributed by atoms with Crippen molar-refractivity contribution < 1.29 is 4.79 Å². The van der Waals surface area contributed by atoms with Gasteiger partial charge in [-0.3, -0.25) is 4.79 Å². The van der Waals surface area contributed by atoms with Gasteiger partial charge in [-0.15, -0.1) is 23.7 Å². The predicted molar refractivity (Wildman–Crippen MR) is 85.0 cm³/mol. The second kappa shape index (κ2) is 8.56. The molecule has 0 saturated heterocycles. The second-order valence-corrected chi connectivity index (χ2v) is 6.17. The number of hydrogen-bond acceptors (Lipinski definition) is 3. The molecule has 2 N–H and O–H groups in total. The van der Waals surface area contributed by atoms with Crippen molar-refractivity contribution in [3.05, 3.63) is 22.4 Å². The summed E-state index contributed by atoms with van der Waals surface area (Å²) in [5, 5.41) is 2.01. The molecule has 0 spiro atoms. The normalized spacial score (nSPS) is 13.8. The number of hydrogen-bond donors (Lipinski definition) is 1. The molecular weight excluding hydrogens is 280 g/mol. The lowest BCUT2D eigenvalue weighted by Gasteiger charge is -2.23. The molecule has 1 rings (SSSR count). The van der Waals surface area contributed by atoms with Gasteiger partial charge in [-0.05, 0) is 30.7 Å². The minimum Gasteiger partial charge on any atom is -0.345 e. The topological polar surface area (TPSA) is 46.3 Å². The zero-order valence-corrected chi connectivity index (χ0v) is 13.8. The van der Waals surface area contributed by atoms with Gasteiger partial charge in [0.05, 0.1) is 5.92 Å². The van der Waals surface area contributed by atoms with Crippen molar-refractivity contribution in [1.29, 1.82) is 0 Å². The number of thiophene rings is 1. The van der Waals surface area contributed by atoms with Gasteiger partial charge in [-0.25, -0.2) is 0 Å². The van der Waals surface area contributed by atoms with Crippen molar-refractivity contribution in [2.75, 3.05) is 13.6 Å². The quantitative estimate of drug-likeness (QED) is 0.878. The number of carbonyl (C=O) groups is 1. The summed E-state index contributed by atoms with van der Waals surface area (Å²) in [6, 6.07) is 4.16. The van der Waals surface area contributed by atoms with E-state index < -0.39 is 0 Å². The van der Waals surface area contributed by atoms with Crippen LogP contribution < -0.4 is 5.73 Å². The van der Waals surface area contributed by atoms with Gasteiger partial charge >= 0.3 is 0 Å². The number of carbonyl (C=O) groups excluding carboxylic acids is 1. The zero-order valence-electron chi connectivity index (χ0n) is 12.1. The lowest BCUT2D eigenvalue weighted by molar-refractivity contribution is -0.131. The van der Waals surface area contributed by atoms with Crippen molar-refractivity contribution >= 4 is 29.7 Å². The van der Waals surface area contributed by atoms with Crippen LogP contribution in [0.4, 0.5) is 0 Å². The maximum absolute atomic E-state index is 12.2. The Morgan fingerprint density at radius 3 is 2.53 bits per heavy atom. The van der Waals surface area contributed by atoms with E-state index in [0.29, 0.717) is 5.92 Å². The Kier molecular flexibility index (Phi) is 8.30. The summed E-state index contributed by atoms with van der Waals surface area (Å²) in [7, 11) is 1.86. The van der Waals surface area contributed by atoms with Gasteiger partial charge in [-0.1, -0.05) is 19.9 Å². The lowest BCUT2D eigenvalue weighted by Crippen LogP contribution is -2.36. The van der Waals surface area contributed by atoms with E-state index >= 15 is 0 Å². The molecule has 1 aromatic rings. The molecule has 0 fully saturated rings. The number of amides is 1. The first-order valence-corrected chi connectivity index (χ1v) is 7.35. The molecular formula is C14H25ClN2OS. The van der Waals surface area contributed by atoms with Gasteiger partial charge in [0.15, 0.2) is 0 Å². The summed E-state index contributed by atoms with van der Waals surface area (Å²) in [5.74, 6) is 0.585. The average molecular weight is 305 g/mol. The van der Waals surface area contributed by atoms with E-state index in [1.807, 2.05) is 31.5 Å². The number of nitrogens with zero attached hydrogens (tertiary/aromatic N) is 1. The summed E-state index contributed by atoms with van der Waals surface area (Å²) in [5.41, 5.74) is 6.00. The molecule has 3 nitrogen and oxygen atoms in total. The highest BCUT2D eigenvalue weighted by molar-refractivity contribution is 7.10. The maximum Gasteiger partial charge on any atom is 0.230 e. The van der Waals surface area contributed by atoms with Gasteiger partial charge in [0.25, 0.3) is 0 Å². The summed E-state index contributed by atoms with van der Waals surface area (Å²) in [6.07, 6.45) is 0.858. The van der Waals surface area contributed by atoms with E-state index in [9.17, 15) is 4.79 Å². The van der Waals surface area contributed by atoms with Crippen molar-refractivity contribution in [2.45, 2.75) is 39.2 Å². The third kappa shape index (κ3) is 5.51. The number of nitrogens with two attached hydrogens (primary N) is 1. The number of rotatable bonds is 6. The van der Waals surface area contributed by atoms with E-state index in [4.69, 9.17) is 5.73 Å². The molecule has 1 amide bonds. The van der Waals surface area contributed by atoms with E-state index in [-0.39, 0.29) is 30.3 Å². The Labute approximate surface area is 126 Å². The molecule has 110 valence electrons. The van der Waals surface area contributed by atoms with Crippen molar-refractivity contribution in [3.8, 4) is 0 Å². The van der Waals surface area contributed by atoms with Crippen LogP contribution in [0.25, 0.3) is 0 Å². The SMILES string of the molecule is CC(C(=O)N(C)CCC(N)C(C)C)c1cccs1.Cl. The Morgan fingerprint density at radius 1 is 1.42 bits per heavy atom. The van der Waals surface area contributed by atoms with Gasteiger partial charge in [0.1, 0.15) is 0 Å². The van der Waals surface area contributed by atoms with Gasteiger partial charge in [0.2, 0.25) is 5.91 Å². The number of likely N-dealkylation sites (N-methyl/N-ethyl adjacent to an activating group) is 1. The van der Waals surface area contributed by atoms with Crippen LogP contribution in [0.3, 0.4) is 0 Å². The van der Waals surface area contributed by atoms with Gasteiger partial charge < -0.3 is 10.6 Å². The van der Waals surface area contributed by atoms with E-state index in [1.54, 1.807) is 16.2 Å². The fourth-order valence-corrected chi connectivity index (χ4v) is 2.55. The van der Waals surface area contributed by atoms with Gasteiger partial charge in [-0.2, -0.15) is 0 Å². The Morgan fingerprint density at radius 2 is 2.05 bits per heavy atom. The van der Waals surface area contributed by atoms with E-state index in [1.165, 1.54) is 0 Å². The fourth-order valence-electron chi connectivity index (χ4n) is 1.78. The summed E-state index contributed by atoms with van der Waals surface area (Å²) in [4.78, 5) is 15.1. The standard InChI is InChI=1S/C14H24N2OS.ClH/c1-10(2)12(15)7-8-16(4)14(17)11(3)13-6-5-9-18-13;/h5-6,9-12H,7-8,15H2,1-4H3;1H. The Bertz CT molecular complexity index is 368. The average Bonchev–Trinajstić information content (AvgIpc) is 2.87. The largest absolute Gasteiger partial charge is 0.345 e. The van der Waals surface area contributed by atoms with Gasteiger partial charge in [0, 0.05) is 24.5 Å². The molecule has 2 atom stereocenters. The molecule has 0 aromatic carbocycles. The minimum absolute atomic E-state index is 0. The van der Waals surface area contributed by atoms with Crippen LogP contribution in [0.15, 0.2) is 17.5 Å². The first kappa shape index (κ1) is 18.4. The molecule has 0 aliphatic rings. The molecule has 19 heavy (non-hydrogen) atoms. The molecule has 0 aliphatic carbocycles. The van der Waals surface area contributed by atoms with Crippen LogP contribution in [0.1, 0.15) is 38.0 Å². The van der Waals surface area contributed by atoms with Crippen LogP contribution in [-0.2, 0) is 4.79 Å². The van der Waals surface area contributed by atoms with E-state index in [0.717, 1.165) is 17.8 Å². The lowest BCUT2D eigenvalue weighted by atomic mass is 10.0. The Balaban J connectivity index is 0.00000324. The summed E-state index contributed by atoms with van der Waals surface area (Å²) >= 11 is 1.63. The van der Waals surface area contributed by atoms with E-state index in [2.05, 4.69) is 13.8 Å². The summed E-state index contributed by atoms with van der Waals surface area (Å²) < 4.78 is 0. The first-order chi connectivity index (χ1) is 8.43. The maximum atomic E-state index is 12.2. The molecule has 1 heterocycles. The third-order valence-corrected chi connectivity index (χ3v) is 4.43. The Hall–Kier alpha value is -0.580. The van der Waals surface area contributed by atoms with Crippen LogP contribution in [0.2, 0.25) is 0 Å². The van der Waals surface area contributed by atoms with Crippen LogP contribution in [0.5, 0.6) is 0 Å². The highest BCUT2D eigenvalue weighted by atomic mass is 35.5. The minimum atomic E-state index is -0.0507.